The molecule has 0 saturated carbocycles. The van der Waals surface area contributed by atoms with Crippen LogP contribution in [0.25, 0.3) is 0 Å². The summed E-state index contributed by atoms with van der Waals surface area (Å²) < 4.78 is 1.90. The molecule has 0 radical (unpaired) electrons. The van der Waals surface area contributed by atoms with Crippen molar-refractivity contribution in [1.29, 1.82) is 0 Å². The van der Waals surface area contributed by atoms with E-state index in [0.717, 1.165) is 44.3 Å². The predicted molar refractivity (Wildman–Crippen MR) is 114 cm³/mol. The third kappa shape index (κ3) is 4.71. The fourth-order valence-corrected chi connectivity index (χ4v) is 4.16. The van der Waals surface area contributed by atoms with Gasteiger partial charge in [-0.1, -0.05) is 49.4 Å². The standard InChI is InChI=1S/C23H32N4O/c1-5-27(16-17(2)3)19-11-12-21-20(15-19)22(25-26(21)4)23(28)24-14-13-18-9-7-6-8-10-18/h6-10,19H,2,5,11-16H2,1,3-4H3,(H,24,28)/t19-/m0/s1. The summed E-state index contributed by atoms with van der Waals surface area (Å²) >= 11 is 0. The number of benzene rings is 1. The predicted octanol–water partition coefficient (Wildman–Crippen LogP) is 3.15. The van der Waals surface area contributed by atoms with Crippen molar-refractivity contribution in [2.75, 3.05) is 19.6 Å². The Morgan fingerprint density at radius 1 is 1.36 bits per heavy atom. The molecule has 1 amide bonds. The lowest BCUT2D eigenvalue weighted by Crippen LogP contribution is -2.40. The second kappa shape index (κ2) is 9.20. The van der Waals surface area contributed by atoms with Crippen LogP contribution < -0.4 is 5.32 Å². The number of amides is 1. The van der Waals surface area contributed by atoms with Crippen molar-refractivity contribution in [3.05, 3.63) is 65.0 Å². The smallest absolute Gasteiger partial charge is 0.272 e. The highest BCUT2D eigenvalue weighted by Crippen LogP contribution is 2.27. The zero-order valence-corrected chi connectivity index (χ0v) is 17.4. The number of rotatable bonds is 8. The zero-order valence-electron chi connectivity index (χ0n) is 17.4. The van der Waals surface area contributed by atoms with Crippen LogP contribution in [0.15, 0.2) is 42.5 Å². The summed E-state index contributed by atoms with van der Waals surface area (Å²) in [6.45, 7) is 10.9. The largest absolute Gasteiger partial charge is 0.350 e. The first-order valence-corrected chi connectivity index (χ1v) is 10.2. The number of hydrogen-bond donors (Lipinski definition) is 1. The fraction of sp³-hybridized carbons (Fsp3) is 0.478. The van der Waals surface area contributed by atoms with E-state index in [-0.39, 0.29) is 5.91 Å². The molecule has 1 aliphatic carbocycles. The normalized spacial score (nSPS) is 16.1. The Labute approximate surface area is 168 Å². The number of nitrogens with one attached hydrogen (secondary N) is 1. The lowest BCUT2D eigenvalue weighted by atomic mass is 9.90. The van der Waals surface area contributed by atoms with Crippen molar-refractivity contribution in [2.45, 2.75) is 45.6 Å². The van der Waals surface area contributed by atoms with Gasteiger partial charge >= 0.3 is 0 Å². The number of fused-ring (bicyclic) bond motifs is 1. The summed E-state index contributed by atoms with van der Waals surface area (Å²) in [6, 6.07) is 10.7. The molecule has 1 atom stereocenters. The molecule has 0 aliphatic heterocycles. The molecule has 2 aromatic rings. The van der Waals surface area contributed by atoms with Gasteiger partial charge in [0.1, 0.15) is 0 Å². The fourth-order valence-electron chi connectivity index (χ4n) is 4.16. The van der Waals surface area contributed by atoms with Gasteiger partial charge in [0.05, 0.1) is 0 Å². The summed E-state index contributed by atoms with van der Waals surface area (Å²) in [4.78, 5) is 15.3. The molecule has 5 heteroatoms. The van der Waals surface area contributed by atoms with E-state index in [1.165, 1.54) is 16.8 Å². The summed E-state index contributed by atoms with van der Waals surface area (Å²) in [5, 5.41) is 7.63. The van der Waals surface area contributed by atoms with Crippen molar-refractivity contribution in [3.8, 4) is 0 Å². The molecule has 0 spiro atoms. The topological polar surface area (TPSA) is 50.2 Å². The van der Waals surface area contributed by atoms with Crippen LogP contribution in [0.4, 0.5) is 0 Å². The van der Waals surface area contributed by atoms with Gasteiger partial charge in [-0.3, -0.25) is 14.4 Å². The summed E-state index contributed by atoms with van der Waals surface area (Å²) in [7, 11) is 1.95. The van der Waals surface area contributed by atoms with Crippen molar-refractivity contribution in [1.82, 2.24) is 20.0 Å². The van der Waals surface area contributed by atoms with Gasteiger partial charge in [-0.25, -0.2) is 0 Å². The van der Waals surface area contributed by atoms with Gasteiger partial charge in [-0.2, -0.15) is 5.10 Å². The number of carbonyl (C=O) groups excluding carboxylic acids is 1. The third-order valence-corrected chi connectivity index (χ3v) is 5.58. The molecule has 1 N–H and O–H groups in total. The highest BCUT2D eigenvalue weighted by molar-refractivity contribution is 5.94. The van der Waals surface area contributed by atoms with Gasteiger partial charge in [0.25, 0.3) is 5.91 Å². The van der Waals surface area contributed by atoms with Crippen LogP contribution in [-0.2, 0) is 26.3 Å². The average Bonchev–Trinajstić information content (AvgIpc) is 3.03. The maximum absolute atomic E-state index is 12.8. The number of aromatic nitrogens is 2. The van der Waals surface area contributed by atoms with Gasteiger partial charge in [-0.15, -0.1) is 0 Å². The Morgan fingerprint density at radius 3 is 2.79 bits per heavy atom. The van der Waals surface area contributed by atoms with E-state index in [4.69, 9.17) is 0 Å². The van der Waals surface area contributed by atoms with E-state index in [1.807, 2.05) is 29.9 Å². The number of aryl methyl sites for hydroxylation is 1. The summed E-state index contributed by atoms with van der Waals surface area (Å²) in [5.41, 5.74) is 5.33. The SMILES string of the molecule is C=C(C)CN(CC)[C@H]1CCc2c(c(C(=O)NCCc3ccccc3)nn2C)C1. The Kier molecular flexibility index (Phi) is 6.68. The van der Waals surface area contributed by atoms with Gasteiger partial charge in [-0.05, 0) is 44.7 Å². The zero-order chi connectivity index (χ0) is 20.1. The average molecular weight is 381 g/mol. The molecule has 0 unspecified atom stereocenters. The van der Waals surface area contributed by atoms with Crippen molar-refractivity contribution in [2.24, 2.45) is 7.05 Å². The quantitative estimate of drug-likeness (QED) is 0.716. The Bertz CT molecular complexity index is 825. The van der Waals surface area contributed by atoms with Gasteiger partial charge in [0.2, 0.25) is 0 Å². The van der Waals surface area contributed by atoms with E-state index < -0.39 is 0 Å². The number of likely N-dealkylation sites (N-methyl/N-ethyl adjacent to an activating group) is 1. The van der Waals surface area contributed by atoms with Crippen LogP contribution in [0, 0.1) is 0 Å². The minimum atomic E-state index is -0.0589. The molecular weight excluding hydrogens is 348 g/mol. The summed E-state index contributed by atoms with van der Waals surface area (Å²) in [5.74, 6) is -0.0589. The Morgan fingerprint density at radius 2 is 2.11 bits per heavy atom. The Hall–Kier alpha value is -2.40. The first-order valence-electron chi connectivity index (χ1n) is 10.2. The monoisotopic (exact) mass is 380 g/mol. The van der Waals surface area contributed by atoms with E-state index in [1.54, 1.807) is 0 Å². The van der Waals surface area contributed by atoms with Gasteiger partial charge < -0.3 is 5.32 Å². The van der Waals surface area contributed by atoms with Gasteiger partial charge in [0.15, 0.2) is 5.69 Å². The van der Waals surface area contributed by atoms with E-state index >= 15 is 0 Å². The lowest BCUT2D eigenvalue weighted by molar-refractivity contribution is 0.0946. The first kappa shape index (κ1) is 20.3. The molecule has 0 saturated heterocycles. The molecule has 5 nitrogen and oxygen atoms in total. The number of nitrogens with zero attached hydrogens (tertiary/aromatic N) is 3. The molecule has 1 aromatic heterocycles. The highest BCUT2D eigenvalue weighted by atomic mass is 16.1. The van der Waals surface area contributed by atoms with Crippen molar-refractivity contribution >= 4 is 5.91 Å². The van der Waals surface area contributed by atoms with Crippen molar-refractivity contribution < 1.29 is 4.79 Å². The molecule has 1 aromatic carbocycles. The number of carbonyl (C=O) groups is 1. The molecule has 1 aliphatic rings. The minimum absolute atomic E-state index is 0.0589. The molecule has 150 valence electrons. The van der Waals surface area contributed by atoms with Crippen LogP contribution in [0.1, 0.15) is 47.6 Å². The second-order valence-corrected chi connectivity index (χ2v) is 7.81. The summed E-state index contributed by atoms with van der Waals surface area (Å²) in [6.07, 6.45) is 3.77. The lowest BCUT2D eigenvalue weighted by Gasteiger charge is -2.34. The van der Waals surface area contributed by atoms with Crippen LogP contribution in [-0.4, -0.2) is 46.3 Å². The molecule has 28 heavy (non-hydrogen) atoms. The molecule has 0 fully saturated rings. The third-order valence-electron chi connectivity index (χ3n) is 5.58. The van der Waals surface area contributed by atoms with E-state index in [0.29, 0.717) is 18.3 Å². The maximum Gasteiger partial charge on any atom is 0.272 e. The van der Waals surface area contributed by atoms with E-state index in [2.05, 4.69) is 47.9 Å². The van der Waals surface area contributed by atoms with Crippen molar-refractivity contribution in [3.63, 3.8) is 0 Å². The first-order chi connectivity index (χ1) is 13.5. The van der Waals surface area contributed by atoms with Gasteiger partial charge in [0, 0.05) is 37.4 Å². The maximum atomic E-state index is 12.8. The second-order valence-electron chi connectivity index (χ2n) is 7.81. The minimum Gasteiger partial charge on any atom is -0.350 e. The number of hydrogen-bond acceptors (Lipinski definition) is 3. The molecule has 3 rings (SSSR count). The molecular formula is C23H32N4O. The van der Waals surface area contributed by atoms with Crippen LogP contribution in [0.2, 0.25) is 0 Å². The van der Waals surface area contributed by atoms with Crippen LogP contribution in [0.5, 0.6) is 0 Å². The van der Waals surface area contributed by atoms with Crippen LogP contribution >= 0.6 is 0 Å². The van der Waals surface area contributed by atoms with Crippen LogP contribution in [0.3, 0.4) is 0 Å². The molecule has 0 bridgehead atoms. The van der Waals surface area contributed by atoms with E-state index in [9.17, 15) is 4.79 Å². The molecule has 1 heterocycles. The Balaban J connectivity index is 1.68. The highest BCUT2D eigenvalue weighted by Gasteiger charge is 2.30.